The molecule has 16 saturated heterocycles. The molecule has 12 bridgehead atoms. The van der Waals surface area contributed by atoms with Crippen molar-refractivity contribution in [3.8, 4) is 0 Å². The van der Waals surface area contributed by atoms with E-state index >= 15 is 0 Å². The van der Waals surface area contributed by atoms with Gasteiger partial charge in [-0.25, -0.2) is 0 Å². The number of carbonyl (C=O) groups is 1. The van der Waals surface area contributed by atoms with Gasteiger partial charge < -0.3 is 86.4 Å². The zero-order valence-corrected chi connectivity index (χ0v) is 46.5. The number of aliphatic hydroxyl groups excluding tert-OH is 3. The van der Waals surface area contributed by atoms with E-state index in [1.165, 1.54) is 0 Å². The number of rotatable bonds is 4. The van der Waals surface area contributed by atoms with Crippen LogP contribution in [0.4, 0.5) is 0 Å². The van der Waals surface area contributed by atoms with Crippen molar-refractivity contribution < 1.29 is 91.2 Å². The lowest BCUT2D eigenvalue weighted by Gasteiger charge is -2.50. The lowest BCUT2D eigenvalue weighted by molar-refractivity contribution is -0.347. The summed E-state index contributed by atoms with van der Waals surface area (Å²) in [6.45, 7) is 17.4. The Balaban J connectivity index is 0.655. The Morgan fingerprint density at radius 2 is 1.18 bits per heavy atom. The fourth-order valence-electron chi connectivity index (χ4n) is 18.2. The Labute approximate surface area is 463 Å². The second kappa shape index (κ2) is 20.2. The lowest BCUT2D eigenvalue weighted by atomic mass is 9.79. The monoisotopic (exact) mass is 1110 g/mol. The van der Waals surface area contributed by atoms with E-state index in [9.17, 15) is 20.1 Å². The van der Waals surface area contributed by atoms with Crippen molar-refractivity contribution >= 4 is 5.97 Å². The highest BCUT2D eigenvalue weighted by Gasteiger charge is 2.70. The summed E-state index contributed by atoms with van der Waals surface area (Å²) in [5.41, 5.74) is 2.15. The fraction of sp³-hybridized carbons (Fsp3) is 0.917. The summed E-state index contributed by atoms with van der Waals surface area (Å²) in [6, 6.07) is 0. The van der Waals surface area contributed by atoms with Crippen molar-refractivity contribution in [3.63, 3.8) is 0 Å². The first-order valence-corrected chi connectivity index (χ1v) is 30.8. The quantitative estimate of drug-likeness (QED) is 0.251. The molecule has 0 saturated carbocycles. The third-order valence-electron chi connectivity index (χ3n) is 21.9. The molecule has 16 aliphatic heterocycles. The molecular weight excluding hydrogens is 1020 g/mol. The molecule has 0 aromatic carbocycles. The van der Waals surface area contributed by atoms with Gasteiger partial charge in [-0.3, -0.25) is 4.79 Å². The Morgan fingerprint density at radius 3 is 2.03 bits per heavy atom. The van der Waals surface area contributed by atoms with E-state index in [4.69, 9.17) is 71.1 Å². The highest BCUT2D eigenvalue weighted by Crippen LogP contribution is 2.58. The SMILES string of the molecule is C=C1C[C@@H]2CC[C@@]34C[C@H]5O[C@H]6[C@@H](O3)[C@H]3O[C@H](CC[C@@H]3O[C@H]6[C@@H]5O4)CC(=O)O[C@@H]3[C@@H](C)[C@@H]4O[C@@H]5C[C@]6(C[C@@H]7O[C@]8(C[C@H](C)[C@@H]9O[C@H]([C@@H](O)C[C@@H](O)CO)C[C@@H]9O8)C[C@H](C)[C@@H]7O6)O[C@@H]5C[C@@H]4O[C@H]3C[C@H]3O[C@@H](CC[C@@H]1O2)C[C@@H](C)C3=C. The van der Waals surface area contributed by atoms with Crippen LogP contribution in [0, 0.1) is 23.7 Å². The van der Waals surface area contributed by atoms with Crippen LogP contribution in [0.5, 0.6) is 0 Å². The average molecular weight is 1110 g/mol. The van der Waals surface area contributed by atoms with Crippen molar-refractivity contribution in [1.29, 1.82) is 0 Å². The Morgan fingerprint density at radius 1 is 0.506 bits per heavy atom. The van der Waals surface area contributed by atoms with Crippen molar-refractivity contribution in [2.24, 2.45) is 23.7 Å². The van der Waals surface area contributed by atoms with Crippen LogP contribution in [0.2, 0.25) is 0 Å². The van der Waals surface area contributed by atoms with Crippen LogP contribution >= 0.6 is 0 Å². The number of carbonyl (C=O) groups excluding carboxylic acids is 1. The molecule has 0 aromatic rings. The molecule has 16 rings (SSSR count). The maximum absolute atomic E-state index is 14.6. The molecule has 0 amide bonds. The zero-order chi connectivity index (χ0) is 54.0. The van der Waals surface area contributed by atoms with Crippen LogP contribution in [0.3, 0.4) is 0 Å². The van der Waals surface area contributed by atoms with Crippen LogP contribution in [-0.2, 0) is 75.8 Å². The van der Waals surface area contributed by atoms with Gasteiger partial charge in [0.25, 0.3) is 0 Å². The number of hydrogen-bond donors (Lipinski definition) is 3. The van der Waals surface area contributed by atoms with Gasteiger partial charge in [0.2, 0.25) is 0 Å². The normalized spacial score (nSPS) is 57.2. The number of aliphatic hydroxyl groups is 3. The van der Waals surface area contributed by atoms with E-state index < -0.39 is 72.8 Å². The number of esters is 1. The second-order valence-corrected chi connectivity index (χ2v) is 27.5. The number of fused-ring (bicyclic) bond motifs is 10. The molecule has 32 atom stereocenters. The maximum Gasteiger partial charge on any atom is 0.308 e. The van der Waals surface area contributed by atoms with Gasteiger partial charge in [0, 0.05) is 70.1 Å². The van der Waals surface area contributed by atoms with E-state index in [0.717, 1.165) is 49.7 Å². The summed E-state index contributed by atoms with van der Waals surface area (Å²) in [5, 5.41) is 30.3. The maximum atomic E-state index is 14.6. The van der Waals surface area contributed by atoms with Gasteiger partial charge >= 0.3 is 5.97 Å². The van der Waals surface area contributed by atoms with Gasteiger partial charge in [-0.05, 0) is 73.8 Å². The molecule has 3 N–H and O–H groups in total. The van der Waals surface area contributed by atoms with Crippen LogP contribution in [0.1, 0.15) is 143 Å². The predicted molar refractivity (Wildman–Crippen MR) is 274 cm³/mol. The Kier molecular flexibility index (Phi) is 13.8. The molecule has 19 nitrogen and oxygen atoms in total. The van der Waals surface area contributed by atoms with E-state index in [-0.39, 0.29) is 146 Å². The molecule has 19 heteroatoms. The van der Waals surface area contributed by atoms with Crippen LogP contribution in [-0.4, -0.2) is 198 Å². The highest BCUT2D eigenvalue weighted by molar-refractivity contribution is 5.70. The molecule has 79 heavy (non-hydrogen) atoms. The van der Waals surface area contributed by atoms with Gasteiger partial charge in [0.1, 0.15) is 36.6 Å². The summed E-state index contributed by atoms with van der Waals surface area (Å²) in [7, 11) is 0. The number of hydrogen-bond acceptors (Lipinski definition) is 19. The van der Waals surface area contributed by atoms with Gasteiger partial charge in [0.05, 0.1) is 129 Å². The smallest absolute Gasteiger partial charge is 0.308 e. The van der Waals surface area contributed by atoms with Crippen molar-refractivity contribution in [1.82, 2.24) is 0 Å². The minimum absolute atomic E-state index is 0.0143. The van der Waals surface area contributed by atoms with Crippen LogP contribution in [0.15, 0.2) is 24.3 Å². The minimum Gasteiger partial charge on any atom is -0.459 e. The molecule has 16 heterocycles. The van der Waals surface area contributed by atoms with Crippen molar-refractivity contribution in [2.75, 3.05) is 6.61 Å². The summed E-state index contributed by atoms with van der Waals surface area (Å²) in [4.78, 5) is 14.6. The Bertz CT molecular complexity index is 2340. The molecule has 440 valence electrons. The van der Waals surface area contributed by atoms with E-state index in [1.807, 2.05) is 0 Å². The third-order valence-corrected chi connectivity index (χ3v) is 21.9. The van der Waals surface area contributed by atoms with Crippen LogP contribution < -0.4 is 0 Å². The van der Waals surface area contributed by atoms with E-state index in [1.54, 1.807) is 0 Å². The molecule has 0 aliphatic carbocycles. The first-order chi connectivity index (χ1) is 38.0. The average Bonchev–Trinajstić information content (AvgIpc) is 4.25. The third kappa shape index (κ3) is 9.43. The summed E-state index contributed by atoms with van der Waals surface area (Å²) >= 11 is 0. The van der Waals surface area contributed by atoms with Crippen LogP contribution in [0.25, 0.3) is 0 Å². The fourth-order valence-corrected chi connectivity index (χ4v) is 18.2. The topological polar surface area (TPSA) is 216 Å². The van der Waals surface area contributed by atoms with E-state index in [0.29, 0.717) is 64.2 Å². The molecule has 16 fully saturated rings. The molecule has 16 aliphatic rings. The first-order valence-electron chi connectivity index (χ1n) is 30.8. The lowest BCUT2D eigenvalue weighted by Crippen LogP contribution is -2.62. The summed E-state index contributed by atoms with van der Waals surface area (Å²) in [6.07, 6.45) is 2.17. The Hall–Kier alpha value is -1.73. The molecular formula is C60H86O19. The highest BCUT2D eigenvalue weighted by atomic mass is 16.8. The second-order valence-electron chi connectivity index (χ2n) is 27.5. The van der Waals surface area contributed by atoms with Crippen molar-refractivity contribution in [2.45, 2.75) is 313 Å². The van der Waals surface area contributed by atoms with E-state index in [2.05, 4.69) is 40.9 Å². The summed E-state index contributed by atoms with van der Waals surface area (Å²) in [5.74, 6) is -2.77. The molecule has 3 spiro atoms. The molecule has 0 radical (unpaired) electrons. The molecule has 0 aromatic heterocycles. The first kappa shape index (κ1) is 54.0. The minimum atomic E-state index is -1.02. The van der Waals surface area contributed by atoms with Crippen molar-refractivity contribution in [3.05, 3.63) is 24.3 Å². The van der Waals surface area contributed by atoms with Gasteiger partial charge in [0.15, 0.2) is 17.4 Å². The van der Waals surface area contributed by atoms with Gasteiger partial charge in [-0.2, -0.15) is 0 Å². The predicted octanol–water partition coefficient (Wildman–Crippen LogP) is 4.93. The molecule has 0 unspecified atom stereocenters. The van der Waals surface area contributed by atoms with Gasteiger partial charge in [-0.15, -0.1) is 0 Å². The van der Waals surface area contributed by atoms with Gasteiger partial charge in [-0.1, -0.05) is 40.9 Å². The zero-order valence-electron chi connectivity index (χ0n) is 46.5. The largest absolute Gasteiger partial charge is 0.459 e. The standard InChI is InChI=1S/C60H86O19/c1-26-13-33-7-9-37-27(2)14-35(65-37)11-12-58-23-46-54(78-58)55-56(72-46)57(79-58)53-38(69-55)10-8-34(67-53)16-48(64)73-52-31(6)51-43(68-42(52)17-39(66-33)30(26)5)19-41-45(71-51)22-60(74-41)24-47-50(77-60)29(4)21-59(76-47)20-28(3)49-44(75-59)18-40(70-49)36(63)15-32(62)25-61/h26,28-29,31-47,49-57,61-63H,2,5,7-25H2,1,3-4,6H3/t26-,28+,29+,31+,32-,33+,34-,35+,36+,37+,38+,39-,40+,41-,42+,43+,44+,45-,46-,47+,49+,50+,51+,52-,53+,54-,55+,56-,57+,58+,59-,60+/m1/s1. The summed E-state index contributed by atoms with van der Waals surface area (Å²) < 4.78 is 104. The number of ether oxygens (including phenoxy) is 15.